The maximum absolute atomic E-state index is 13.6. The molecule has 0 radical (unpaired) electrons. The van der Waals surface area contributed by atoms with E-state index in [1.54, 1.807) is 0 Å². The Bertz CT molecular complexity index is 631. The van der Waals surface area contributed by atoms with Crippen LogP contribution in [-0.2, 0) is 0 Å². The van der Waals surface area contributed by atoms with Crippen molar-refractivity contribution in [3.8, 4) is 5.75 Å². The largest absolute Gasteiger partial charge is 0.483 e. The standard InChI is InChI=1S/C16H16BrClFNO/c1-9-3-5-11(6-4-9)16(10(2)20)21-15-8-14(19)13(18)7-12(15)17/h3-8,10,16H,20H2,1-2H3. The van der Waals surface area contributed by atoms with Crippen molar-refractivity contribution in [2.75, 3.05) is 0 Å². The van der Waals surface area contributed by atoms with Crippen molar-refractivity contribution < 1.29 is 9.13 Å². The molecule has 2 atom stereocenters. The van der Waals surface area contributed by atoms with Crippen molar-refractivity contribution in [1.29, 1.82) is 0 Å². The van der Waals surface area contributed by atoms with E-state index in [1.165, 1.54) is 12.1 Å². The van der Waals surface area contributed by atoms with Crippen LogP contribution in [0.1, 0.15) is 24.2 Å². The molecule has 2 unspecified atom stereocenters. The Morgan fingerprint density at radius 2 is 1.86 bits per heavy atom. The summed E-state index contributed by atoms with van der Waals surface area (Å²) in [4.78, 5) is 0. The molecule has 2 rings (SSSR count). The summed E-state index contributed by atoms with van der Waals surface area (Å²) >= 11 is 9.06. The number of benzene rings is 2. The van der Waals surface area contributed by atoms with Gasteiger partial charge in [-0.25, -0.2) is 4.39 Å². The third-order valence-electron chi connectivity index (χ3n) is 3.11. The number of nitrogens with two attached hydrogens (primary N) is 1. The van der Waals surface area contributed by atoms with Crippen molar-refractivity contribution in [2.45, 2.75) is 26.0 Å². The van der Waals surface area contributed by atoms with Crippen LogP contribution in [0.5, 0.6) is 5.75 Å². The quantitative estimate of drug-likeness (QED) is 0.765. The van der Waals surface area contributed by atoms with Gasteiger partial charge in [-0.2, -0.15) is 0 Å². The molecular formula is C16H16BrClFNO. The normalized spacial score (nSPS) is 13.8. The third-order valence-corrected chi connectivity index (χ3v) is 4.02. The first-order chi connectivity index (χ1) is 9.88. The summed E-state index contributed by atoms with van der Waals surface area (Å²) in [6, 6.07) is 10.4. The van der Waals surface area contributed by atoms with Gasteiger partial charge < -0.3 is 10.5 Å². The van der Waals surface area contributed by atoms with Crippen LogP contribution in [0.4, 0.5) is 4.39 Å². The Morgan fingerprint density at radius 3 is 2.43 bits per heavy atom. The molecule has 2 N–H and O–H groups in total. The summed E-state index contributed by atoms with van der Waals surface area (Å²) in [6.45, 7) is 3.86. The summed E-state index contributed by atoms with van der Waals surface area (Å²) in [7, 11) is 0. The van der Waals surface area contributed by atoms with Gasteiger partial charge in [-0.05, 0) is 41.4 Å². The predicted molar refractivity (Wildman–Crippen MR) is 87.3 cm³/mol. The molecule has 0 aromatic heterocycles. The summed E-state index contributed by atoms with van der Waals surface area (Å²) in [5.41, 5.74) is 8.11. The minimum absolute atomic E-state index is 0.0434. The molecule has 0 amide bonds. The van der Waals surface area contributed by atoms with Gasteiger partial charge in [0.15, 0.2) is 0 Å². The molecule has 0 bridgehead atoms. The van der Waals surface area contributed by atoms with Gasteiger partial charge in [-0.1, -0.05) is 41.4 Å². The van der Waals surface area contributed by atoms with E-state index in [0.29, 0.717) is 10.2 Å². The van der Waals surface area contributed by atoms with Crippen LogP contribution in [0.25, 0.3) is 0 Å². The van der Waals surface area contributed by atoms with Crippen molar-refractivity contribution in [3.63, 3.8) is 0 Å². The van der Waals surface area contributed by atoms with E-state index in [4.69, 9.17) is 22.1 Å². The van der Waals surface area contributed by atoms with Crippen LogP contribution in [0, 0.1) is 12.7 Å². The van der Waals surface area contributed by atoms with Gasteiger partial charge in [0.1, 0.15) is 17.7 Å². The van der Waals surface area contributed by atoms with E-state index in [-0.39, 0.29) is 17.2 Å². The number of halogens is 3. The highest BCUT2D eigenvalue weighted by Gasteiger charge is 2.20. The molecule has 2 nitrogen and oxygen atoms in total. The zero-order valence-corrected chi connectivity index (χ0v) is 14.1. The van der Waals surface area contributed by atoms with Crippen molar-refractivity contribution in [1.82, 2.24) is 0 Å². The van der Waals surface area contributed by atoms with Crippen molar-refractivity contribution in [3.05, 3.63) is 62.8 Å². The zero-order chi connectivity index (χ0) is 15.6. The van der Waals surface area contributed by atoms with Gasteiger partial charge in [0.2, 0.25) is 0 Å². The number of ether oxygens (including phenoxy) is 1. The highest BCUT2D eigenvalue weighted by atomic mass is 79.9. The fourth-order valence-electron chi connectivity index (χ4n) is 1.97. The van der Waals surface area contributed by atoms with E-state index in [2.05, 4.69) is 15.9 Å². The summed E-state index contributed by atoms with van der Waals surface area (Å²) in [5.74, 6) is -0.151. The molecule has 0 spiro atoms. The van der Waals surface area contributed by atoms with Crippen molar-refractivity contribution >= 4 is 27.5 Å². The third kappa shape index (κ3) is 3.96. The summed E-state index contributed by atoms with van der Waals surface area (Å²) < 4.78 is 20.1. The molecule has 5 heteroatoms. The number of hydrogen-bond acceptors (Lipinski definition) is 2. The SMILES string of the molecule is Cc1ccc(C(Oc2cc(F)c(Cl)cc2Br)C(C)N)cc1. The monoisotopic (exact) mass is 371 g/mol. The number of rotatable bonds is 4. The molecular weight excluding hydrogens is 357 g/mol. The highest BCUT2D eigenvalue weighted by Crippen LogP contribution is 2.34. The maximum Gasteiger partial charge on any atom is 0.145 e. The lowest BCUT2D eigenvalue weighted by molar-refractivity contribution is 0.178. The fourth-order valence-corrected chi connectivity index (χ4v) is 2.70. The molecule has 0 saturated carbocycles. The van der Waals surface area contributed by atoms with Gasteiger partial charge >= 0.3 is 0 Å². The first-order valence-electron chi connectivity index (χ1n) is 6.52. The number of hydrogen-bond donors (Lipinski definition) is 1. The molecule has 0 aliphatic rings. The molecule has 0 aliphatic heterocycles. The first-order valence-corrected chi connectivity index (χ1v) is 7.69. The fraction of sp³-hybridized carbons (Fsp3) is 0.250. The van der Waals surface area contributed by atoms with Crippen LogP contribution >= 0.6 is 27.5 Å². The van der Waals surface area contributed by atoms with Gasteiger partial charge in [0.05, 0.1) is 9.50 Å². The molecule has 0 aliphatic carbocycles. The Kier molecular flexibility index (Phi) is 5.25. The smallest absolute Gasteiger partial charge is 0.145 e. The molecule has 2 aromatic carbocycles. The van der Waals surface area contributed by atoms with Crippen LogP contribution in [0.15, 0.2) is 40.9 Å². The lowest BCUT2D eigenvalue weighted by Crippen LogP contribution is -2.29. The predicted octanol–water partition coefficient (Wildman–Crippen LogP) is 5.02. The van der Waals surface area contributed by atoms with Gasteiger partial charge in [-0.15, -0.1) is 0 Å². The molecule has 0 heterocycles. The minimum Gasteiger partial charge on any atom is -0.483 e. The van der Waals surface area contributed by atoms with E-state index in [0.717, 1.165) is 11.1 Å². The maximum atomic E-state index is 13.6. The van der Waals surface area contributed by atoms with E-state index < -0.39 is 5.82 Å². The lowest BCUT2D eigenvalue weighted by Gasteiger charge is -2.24. The lowest BCUT2D eigenvalue weighted by atomic mass is 10.0. The first kappa shape index (κ1) is 16.3. The van der Waals surface area contributed by atoms with E-state index in [1.807, 2.05) is 38.1 Å². The molecule has 21 heavy (non-hydrogen) atoms. The van der Waals surface area contributed by atoms with Crippen LogP contribution in [-0.4, -0.2) is 6.04 Å². The van der Waals surface area contributed by atoms with Crippen molar-refractivity contribution in [2.24, 2.45) is 5.73 Å². The average Bonchev–Trinajstić information content (AvgIpc) is 2.42. The zero-order valence-electron chi connectivity index (χ0n) is 11.7. The topological polar surface area (TPSA) is 35.2 Å². The molecule has 112 valence electrons. The second-order valence-corrected chi connectivity index (χ2v) is 6.27. The van der Waals surface area contributed by atoms with E-state index >= 15 is 0 Å². The Morgan fingerprint density at radius 1 is 1.24 bits per heavy atom. The van der Waals surface area contributed by atoms with Gasteiger partial charge in [-0.3, -0.25) is 0 Å². The molecule has 0 fully saturated rings. The highest BCUT2D eigenvalue weighted by molar-refractivity contribution is 9.10. The van der Waals surface area contributed by atoms with E-state index in [9.17, 15) is 4.39 Å². The van der Waals surface area contributed by atoms with Crippen LogP contribution < -0.4 is 10.5 Å². The summed E-state index contributed by atoms with van der Waals surface area (Å²) in [5, 5.41) is 0.0434. The minimum atomic E-state index is -0.526. The average molecular weight is 373 g/mol. The Balaban J connectivity index is 2.33. The molecule has 0 saturated heterocycles. The second kappa shape index (κ2) is 6.77. The Labute approximate surface area is 137 Å². The van der Waals surface area contributed by atoms with Crippen LogP contribution in [0.3, 0.4) is 0 Å². The number of aryl methyl sites for hydroxylation is 1. The van der Waals surface area contributed by atoms with Gasteiger partial charge in [0.25, 0.3) is 0 Å². The van der Waals surface area contributed by atoms with Gasteiger partial charge in [0, 0.05) is 12.1 Å². The second-order valence-electron chi connectivity index (χ2n) is 5.00. The summed E-state index contributed by atoms with van der Waals surface area (Å²) in [6.07, 6.45) is -0.373. The Hall–Kier alpha value is -1.10. The van der Waals surface area contributed by atoms with Crippen LogP contribution in [0.2, 0.25) is 5.02 Å². The molecule has 2 aromatic rings.